The number of nitrogens with zero attached hydrogens (tertiary/aromatic N) is 1. The van der Waals surface area contributed by atoms with E-state index in [4.69, 9.17) is 15.6 Å². The Balaban J connectivity index is 2.16. The zero-order valence-electron chi connectivity index (χ0n) is 9.35. The molecule has 2 heterocycles. The molecule has 92 valence electrons. The number of pyridine rings is 1. The number of anilines is 2. The van der Waals surface area contributed by atoms with Gasteiger partial charge in [-0.3, -0.25) is 0 Å². The fourth-order valence-electron chi connectivity index (χ4n) is 1.81. The summed E-state index contributed by atoms with van der Waals surface area (Å²) in [5.74, 6) is -0.689. The van der Waals surface area contributed by atoms with E-state index >= 15 is 0 Å². The van der Waals surface area contributed by atoms with E-state index in [2.05, 4.69) is 10.3 Å². The van der Waals surface area contributed by atoms with Gasteiger partial charge in [-0.05, 0) is 18.9 Å². The Morgan fingerprint density at radius 3 is 3.12 bits per heavy atom. The molecule has 0 aliphatic carbocycles. The van der Waals surface area contributed by atoms with E-state index in [9.17, 15) is 4.79 Å². The minimum atomic E-state index is -1.04. The molecule has 1 aromatic rings. The first-order valence-corrected chi connectivity index (χ1v) is 5.50. The predicted molar refractivity (Wildman–Crippen MR) is 63.1 cm³/mol. The molecule has 6 heteroatoms. The van der Waals surface area contributed by atoms with Crippen LogP contribution in [0.2, 0.25) is 0 Å². The van der Waals surface area contributed by atoms with E-state index in [0.29, 0.717) is 18.1 Å². The van der Waals surface area contributed by atoms with Crippen LogP contribution in [0.4, 0.5) is 11.5 Å². The summed E-state index contributed by atoms with van der Waals surface area (Å²) in [5.41, 5.74) is 5.95. The van der Waals surface area contributed by atoms with Gasteiger partial charge in [0.05, 0.1) is 24.5 Å². The van der Waals surface area contributed by atoms with Gasteiger partial charge in [-0.25, -0.2) is 9.78 Å². The number of aromatic carboxylic acids is 1. The molecule has 1 aliphatic rings. The first-order chi connectivity index (χ1) is 8.16. The summed E-state index contributed by atoms with van der Waals surface area (Å²) in [7, 11) is 0. The molecule has 17 heavy (non-hydrogen) atoms. The second-order valence-corrected chi connectivity index (χ2v) is 4.03. The highest BCUT2D eigenvalue weighted by molar-refractivity contribution is 5.94. The van der Waals surface area contributed by atoms with Gasteiger partial charge in [-0.15, -0.1) is 0 Å². The zero-order valence-corrected chi connectivity index (χ0v) is 9.35. The van der Waals surface area contributed by atoms with E-state index in [-0.39, 0.29) is 11.6 Å². The molecule has 0 amide bonds. The lowest BCUT2D eigenvalue weighted by molar-refractivity contribution is 0.0696. The van der Waals surface area contributed by atoms with Crippen LogP contribution in [-0.2, 0) is 4.74 Å². The van der Waals surface area contributed by atoms with Crippen molar-refractivity contribution < 1.29 is 14.6 Å². The fraction of sp³-hybridized carbons (Fsp3) is 0.455. The minimum absolute atomic E-state index is 0.0931. The standard InChI is InChI=1S/C11H15N3O3/c12-7-4-9(11(15)16)10(13-5-7)14-8-2-1-3-17-6-8/h4-5,8H,1-3,6,12H2,(H,13,14)(H,15,16). The summed E-state index contributed by atoms with van der Waals surface area (Å²) in [4.78, 5) is 15.1. The van der Waals surface area contributed by atoms with Crippen LogP contribution in [0.3, 0.4) is 0 Å². The molecule has 0 spiro atoms. The number of nitrogens with two attached hydrogens (primary N) is 1. The maximum absolute atomic E-state index is 11.0. The van der Waals surface area contributed by atoms with Crippen molar-refractivity contribution in [3.63, 3.8) is 0 Å². The van der Waals surface area contributed by atoms with Crippen LogP contribution in [0.15, 0.2) is 12.3 Å². The van der Waals surface area contributed by atoms with Gasteiger partial charge < -0.3 is 20.9 Å². The molecule has 1 saturated heterocycles. The second kappa shape index (κ2) is 5.01. The van der Waals surface area contributed by atoms with Crippen molar-refractivity contribution >= 4 is 17.5 Å². The van der Waals surface area contributed by atoms with Crippen molar-refractivity contribution in [3.05, 3.63) is 17.8 Å². The number of hydrogen-bond donors (Lipinski definition) is 3. The smallest absolute Gasteiger partial charge is 0.339 e. The number of carbonyl (C=O) groups is 1. The van der Waals surface area contributed by atoms with E-state index in [1.54, 1.807) is 0 Å². The quantitative estimate of drug-likeness (QED) is 0.724. The molecule has 4 N–H and O–H groups in total. The number of ether oxygens (including phenoxy) is 1. The van der Waals surface area contributed by atoms with Gasteiger partial charge in [-0.2, -0.15) is 0 Å². The highest BCUT2D eigenvalue weighted by Crippen LogP contribution is 2.18. The van der Waals surface area contributed by atoms with Crippen molar-refractivity contribution in [2.75, 3.05) is 24.3 Å². The minimum Gasteiger partial charge on any atom is -0.478 e. The molecule has 0 radical (unpaired) electrons. The molecular weight excluding hydrogens is 222 g/mol. The molecule has 6 nitrogen and oxygen atoms in total. The van der Waals surface area contributed by atoms with E-state index in [1.807, 2.05) is 0 Å². The molecule has 1 atom stereocenters. The van der Waals surface area contributed by atoms with Crippen LogP contribution < -0.4 is 11.1 Å². The third-order valence-corrected chi connectivity index (χ3v) is 2.64. The van der Waals surface area contributed by atoms with E-state index in [1.165, 1.54) is 12.3 Å². The monoisotopic (exact) mass is 237 g/mol. The number of carboxylic acid groups (broad SMARTS) is 1. The molecule has 0 aromatic carbocycles. The topological polar surface area (TPSA) is 97.5 Å². The van der Waals surface area contributed by atoms with Crippen LogP contribution in [-0.4, -0.2) is 35.3 Å². The van der Waals surface area contributed by atoms with Crippen LogP contribution in [0.25, 0.3) is 0 Å². The maximum atomic E-state index is 11.0. The Morgan fingerprint density at radius 1 is 1.65 bits per heavy atom. The second-order valence-electron chi connectivity index (χ2n) is 4.03. The summed E-state index contributed by atoms with van der Waals surface area (Å²) in [5, 5.41) is 12.1. The first kappa shape index (κ1) is 11.7. The predicted octanol–water partition coefficient (Wildman–Crippen LogP) is 0.953. The van der Waals surface area contributed by atoms with Crippen molar-refractivity contribution in [2.45, 2.75) is 18.9 Å². The van der Waals surface area contributed by atoms with Gasteiger partial charge in [0, 0.05) is 6.61 Å². The van der Waals surface area contributed by atoms with Gasteiger partial charge in [0.15, 0.2) is 0 Å². The highest BCUT2D eigenvalue weighted by atomic mass is 16.5. The molecule has 0 saturated carbocycles. The lowest BCUT2D eigenvalue weighted by atomic mass is 10.1. The fourth-order valence-corrected chi connectivity index (χ4v) is 1.81. The molecule has 1 unspecified atom stereocenters. The van der Waals surface area contributed by atoms with Gasteiger partial charge >= 0.3 is 5.97 Å². The molecular formula is C11H15N3O3. The summed E-state index contributed by atoms with van der Waals surface area (Å²) >= 11 is 0. The van der Waals surface area contributed by atoms with Crippen molar-refractivity contribution in [2.24, 2.45) is 0 Å². The Labute approximate surface area is 98.8 Å². The summed E-state index contributed by atoms with van der Waals surface area (Å²) in [6.07, 6.45) is 3.36. The van der Waals surface area contributed by atoms with Crippen molar-refractivity contribution in [1.82, 2.24) is 4.98 Å². The lowest BCUT2D eigenvalue weighted by Crippen LogP contribution is -2.31. The van der Waals surface area contributed by atoms with Crippen LogP contribution in [0.1, 0.15) is 23.2 Å². The molecule has 1 aromatic heterocycles. The molecule has 0 bridgehead atoms. The SMILES string of the molecule is Nc1cnc(NC2CCCOC2)c(C(=O)O)c1. The Hall–Kier alpha value is -1.82. The van der Waals surface area contributed by atoms with Crippen LogP contribution >= 0.6 is 0 Å². The third-order valence-electron chi connectivity index (χ3n) is 2.64. The number of hydrogen-bond acceptors (Lipinski definition) is 5. The van der Waals surface area contributed by atoms with Crippen molar-refractivity contribution in [1.29, 1.82) is 0 Å². The van der Waals surface area contributed by atoms with Gasteiger partial charge in [0.1, 0.15) is 11.4 Å². The Kier molecular flexibility index (Phi) is 3.43. The average Bonchev–Trinajstić information content (AvgIpc) is 2.32. The Bertz CT molecular complexity index is 416. The lowest BCUT2D eigenvalue weighted by Gasteiger charge is -2.24. The zero-order chi connectivity index (χ0) is 12.3. The number of nitrogen functional groups attached to an aromatic ring is 1. The maximum Gasteiger partial charge on any atom is 0.339 e. The third kappa shape index (κ3) is 2.85. The van der Waals surface area contributed by atoms with Gasteiger partial charge in [0.2, 0.25) is 0 Å². The van der Waals surface area contributed by atoms with Crippen LogP contribution in [0, 0.1) is 0 Å². The number of carboxylic acids is 1. The van der Waals surface area contributed by atoms with Gasteiger partial charge in [0.25, 0.3) is 0 Å². The molecule has 1 fully saturated rings. The van der Waals surface area contributed by atoms with E-state index in [0.717, 1.165) is 19.4 Å². The average molecular weight is 237 g/mol. The number of aromatic nitrogens is 1. The number of nitrogens with one attached hydrogen (secondary N) is 1. The summed E-state index contributed by atoms with van der Waals surface area (Å²) in [6.45, 7) is 1.34. The molecule has 2 rings (SSSR count). The van der Waals surface area contributed by atoms with Gasteiger partial charge in [-0.1, -0.05) is 0 Å². The summed E-state index contributed by atoms with van der Waals surface area (Å²) in [6, 6.07) is 1.51. The Morgan fingerprint density at radius 2 is 2.47 bits per heavy atom. The normalized spacial score (nSPS) is 19.9. The highest BCUT2D eigenvalue weighted by Gasteiger charge is 2.18. The molecule has 1 aliphatic heterocycles. The van der Waals surface area contributed by atoms with E-state index < -0.39 is 5.97 Å². The van der Waals surface area contributed by atoms with Crippen LogP contribution in [0.5, 0.6) is 0 Å². The van der Waals surface area contributed by atoms with Crippen molar-refractivity contribution in [3.8, 4) is 0 Å². The summed E-state index contributed by atoms with van der Waals surface area (Å²) < 4.78 is 5.32. The number of rotatable bonds is 3. The largest absolute Gasteiger partial charge is 0.478 e. The first-order valence-electron chi connectivity index (χ1n) is 5.50.